The van der Waals surface area contributed by atoms with Crippen molar-refractivity contribution in [2.75, 3.05) is 0 Å². The summed E-state index contributed by atoms with van der Waals surface area (Å²) >= 11 is 0.421. The molecule has 2 nitrogen and oxygen atoms in total. The molecule has 0 amide bonds. The van der Waals surface area contributed by atoms with Crippen molar-refractivity contribution in [2.24, 2.45) is 0 Å². The Hall–Kier alpha value is 1.26. The molecule has 0 aliphatic heterocycles. The fourth-order valence-corrected chi connectivity index (χ4v) is 0. The Morgan fingerprint density at radius 2 is 1.75 bits per heavy atom. The minimum absolute atomic E-state index is 0. The molecule has 8 heavy (non-hydrogen) atoms. The number of hydrogen-bond acceptors (Lipinski definition) is 2. The molecule has 44 valence electrons. The first-order valence-corrected chi connectivity index (χ1v) is 2.56. The van der Waals surface area contributed by atoms with Crippen molar-refractivity contribution in [2.45, 2.75) is 4.71 Å². The monoisotopic (exact) mass is 172 g/mol. The van der Waals surface area contributed by atoms with E-state index in [0.29, 0.717) is 0 Å². The molecule has 7 heteroatoms. The Bertz CT molecular complexity index is 92.5. The van der Waals surface area contributed by atoms with Crippen LogP contribution in [0.15, 0.2) is 0 Å². The van der Waals surface area contributed by atoms with Gasteiger partial charge in [-0.3, -0.25) is 4.21 Å². The van der Waals surface area contributed by atoms with Gasteiger partial charge >= 0.3 is 34.3 Å². The molecule has 0 spiro atoms. The third kappa shape index (κ3) is 5.40. The van der Waals surface area contributed by atoms with Gasteiger partial charge in [-0.15, -0.1) is 0 Å². The van der Waals surface area contributed by atoms with Gasteiger partial charge in [-0.1, -0.05) is 0 Å². The van der Waals surface area contributed by atoms with Crippen LogP contribution in [0, 0.1) is 0 Å². The molecule has 0 aromatic carbocycles. The Morgan fingerprint density at radius 3 is 1.75 bits per heavy atom. The molecule has 0 heterocycles. The summed E-state index contributed by atoms with van der Waals surface area (Å²) in [6.07, 6.45) is 0. The van der Waals surface area contributed by atoms with Crippen LogP contribution < -0.4 is 29.6 Å². The zero-order chi connectivity index (χ0) is 6.08. The molecule has 0 N–H and O–H groups in total. The SMILES string of the molecule is O=S([O-])C(F)(F)Cl.[Na+]. The van der Waals surface area contributed by atoms with E-state index in [4.69, 9.17) is 8.76 Å². The molecule has 0 fully saturated rings. The molecule has 0 bridgehead atoms. The molecule has 0 aliphatic carbocycles. The summed E-state index contributed by atoms with van der Waals surface area (Å²) < 4.78 is 36.2. The standard InChI is InChI=1S/CHClF2O2S.Na/c2-1(3,4)7(5)6;/h(H,5,6);/q;+1/p-1. The minimum Gasteiger partial charge on any atom is -0.767 e. The Kier molecular flexibility index (Phi) is 6.20. The Morgan fingerprint density at radius 1 is 1.62 bits per heavy atom. The summed E-state index contributed by atoms with van der Waals surface area (Å²) in [4.78, 5) is 0. The van der Waals surface area contributed by atoms with Crippen molar-refractivity contribution in [1.29, 1.82) is 0 Å². The molecule has 0 rings (SSSR count). The summed E-state index contributed by atoms with van der Waals surface area (Å²) in [7, 11) is 0. The number of halogens is 3. The van der Waals surface area contributed by atoms with E-state index >= 15 is 0 Å². The maximum absolute atomic E-state index is 11.0. The van der Waals surface area contributed by atoms with Crippen LogP contribution in [-0.4, -0.2) is 13.5 Å². The van der Waals surface area contributed by atoms with Gasteiger partial charge in [0.25, 0.3) is 0 Å². The predicted octanol–water partition coefficient (Wildman–Crippen LogP) is -2.34. The average molecular weight is 173 g/mol. The van der Waals surface area contributed by atoms with E-state index in [1.165, 1.54) is 0 Å². The van der Waals surface area contributed by atoms with E-state index in [-0.39, 0.29) is 29.6 Å². The summed E-state index contributed by atoms with van der Waals surface area (Å²) in [5.74, 6) is 0. The Balaban J connectivity index is 0. The second-order valence-corrected chi connectivity index (χ2v) is 2.36. The summed E-state index contributed by atoms with van der Waals surface area (Å²) in [6.45, 7) is 0. The summed E-state index contributed by atoms with van der Waals surface area (Å²) in [5.41, 5.74) is 0. The van der Waals surface area contributed by atoms with Crippen LogP contribution in [-0.2, 0) is 11.1 Å². The van der Waals surface area contributed by atoms with Crippen molar-refractivity contribution in [3.63, 3.8) is 0 Å². The maximum atomic E-state index is 11.0. The maximum Gasteiger partial charge on any atom is 1.00 e. The van der Waals surface area contributed by atoms with Crippen LogP contribution in [0.25, 0.3) is 0 Å². The van der Waals surface area contributed by atoms with E-state index in [9.17, 15) is 8.78 Å². The van der Waals surface area contributed by atoms with E-state index in [0.717, 1.165) is 0 Å². The van der Waals surface area contributed by atoms with Crippen LogP contribution in [0.4, 0.5) is 8.78 Å². The first-order valence-electron chi connectivity index (χ1n) is 1.10. The van der Waals surface area contributed by atoms with Crippen LogP contribution in [0.5, 0.6) is 0 Å². The fraction of sp³-hybridized carbons (Fsp3) is 1.00. The zero-order valence-corrected chi connectivity index (χ0v) is 7.43. The first-order chi connectivity index (χ1) is 2.94. The van der Waals surface area contributed by atoms with Gasteiger partial charge < -0.3 is 4.55 Å². The van der Waals surface area contributed by atoms with Gasteiger partial charge in [0.2, 0.25) is 0 Å². The van der Waals surface area contributed by atoms with Crippen molar-refractivity contribution in [3.05, 3.63) is 0 Å². The van der Waals surface area contributed by atoms with Gasteiger partial charge in [0, 0.05) is 11.1 Å². The van der Waals surface area contributed by atoms with Crippen molar-refractivity contribution in [3.8, 4) is 0 Å². The number of hydrogen-bond donors (Lipinski definition) is 0. The third-order valence-corrected chi connectivity index (χ3v) is 0.945. The molecule has 0 saturated heterocycles. The quantitative estimate of drug-likeness (QED) is 0.253. The van der Waals surface area contributed by atoms with Crippen LogP contribution in [0.3, 0.4) is 0 Å². The van der Waals surface area contributed by atoms with E-state index in [2.05, 4.69) is 11.6 Å². The normalized spacial score (nSPS) is 14.5. The second kappa shape index (κ2) is 4.14. The van der Waals surface area contributed by atoms with E-state index in [1.54, 1.807) is 0 Å². The van der Waals surface area contributed by atoms with Crippen LogP contribution in [0.2, 0.25) is 0 Å². The average Bonchev–Trinajstić information content (AvgIpc) is 1.31. The van der Waals surface area contributed by atoms with Crippen molar-refractivity contribution < 1.29 is 47.1 Å². The van der Waals surface area contributed by atoms with E-state index < -0.39 is 15.8 Å². The second-order valence-electron chi connectivity index (χ2n) is 0.680. The molecule has 0 aliphatic rings. The molecule has 0 radical (unpaired) electrons. The van der Waals surface area contributed by atoms with Crippen LogP contribution >= 0.6 is 11.6 Å². The summed E-state index contributed by atoms with van der Waals surface area (Å²) in [6, 6.07) is 0. The third-order valence-electron chi connectivity index (χ3n) is 0.189. The Labute approximate surface area is 74.2 Å². The molecule has 1 unspecified atom stereocenters. The smallest absolute Gasteiger partial charge is 0.767 e. The van der Waals surface area contributed by atoms with Gasteiger partial charge in [-0.2, -0.15) is 8.78 Å². The van der Waals surface area contributed by atoms with Crippen LogP contribution in [0.1, 0.15) is 0 Å². The molecule has 0 aromatic rings. The molecular weight excluding hydrogens is 173 g/mol. The topological polar surface area (TPSA) is 40.1 Å². The van der Waals surface area contributed by atoms with Crippen molar-refractivity contribution >= 4 is 22.7 Å². The zero-order valence-electron chi connectivity index (χ0n) is 3.86. The summed E-state index contributed by atoms with van der Waals surface area (Å²) in [5, 5.41) is 0. The predicted molar refractivity (Wildman–Crippen MR) is 19.7 cm³/mol. The number of rotatable bonds is 1. The molecule has 0 saturated carbocycles. The number of alkyl halides is 3. The van der Waals surface area contributed by atoms with Gasteiger partial charge in [0.15, 0.2) is 0 Å². The van der Waals surface area contributed by atoms with Gasteiger partial charge in [-0.05, 0) is 11.6 Å². The fourth-order valence-electron chi connectivity index (χ4n) is 0. The molecular formula is CClF2NaO2S. The molecule has 1 atom stereocenters. The minimum atomic E-state index is -4.11. The molecule has 0 aromatic heterocycles. The van der Waals surface area contributed by atoms with Gasteiger partial charge in [0.05, 0.1) is 0 Å². The largest absolute Gasteiger partial charge is 1.00 e. The van der Waals surface area contributed by atoms with E-state index in [1.807, 2.05) is 0 Å². The van der Waals surface area contributed by atoms with Gasteiger partial charge in [-0.25, -0.2) is 0 Å². The first kappa shape index (κ1) is 12.0. The van der Waals surface area contributed by atoms with Gasteiger partial charge in [0.1, 0.15) is 0 Å². The van der Waals surface area contributed by atoms with Crippen molar-refractivity contribution in [1.82, 2.24) is 0 Å².